The number of anilines is 1. The molecule has 0 heterocycles. The van der Waals surface area contributed by atoms with E-state index in [1.807, 2.05) is 12.1 Å². The molecule has 0 aliphatic carbocycles. The third-order valence-electron chi connectivity index (χ3n) is 3.08. The molecule has 0 radical (unpaired) electrons. The number of hydrogen-bond donors (Lipinski definition) is 2. The zero-order valence-electron chi connectivity index (χ0n) is 9.88. The Kier molecular flexibility index (Phi) is 4.15. The first-order chi connectivity index (χ1) is 7.15. The van der Waals surface area contributed by atoms with Gasteiger partial charge in [0.2, 0.25) is 0 Å². The highest BCUT2D eigenvalue weighted by molar-refractivity contribution is 5.47. The maximum atomic E-state index is 9.44. The smallest absolute Gasteiger partial charge is 0.0661 e. The molecular weight excluding hydrogens is 186 g/mol. The van der Waals surface area contributed by atoms with Gasteiger partial charge in [-0.3, -0.25) is 0 Å². The number of benzene rings is 1. The summed E-state index contributed by atoms with van der Waals surface area (Å²) in [4.78, 5) is 0. The van der Waals surface area contributed by atoms with Crippen LogP contribution in [0.25, 0.3) is 0 Å². The van der Waals surface area contributed by atoms with E-state index in [4.69, 9.17) is 0 Å². The molecule has 1 aromatic carbocycles. The molecular formula is C13H21NO. The van der Waals surface area contributed by atoms with Crippen LogP contribution in [0, 0.1) is 6.92 Å². The molecule has 0 fully saturated rings. The number of hydrogen-bond acceptors (Lipinski definition) is 2. The minimum atomic E-state index is -0.173. The van der Waals surface area contributed by atoms with Crippen LogP contribution < -0.4 is 5.32 Å². The Labute approximate surface area is 92.3 Å². The summed E-state index contributed by atoms with van der Waals surface area (Å²) in [6.45, 7) is 6.45. The summed E-state index contributed by atoms with van der Waals surface area (Å²) in [7, 11) is 0. The van der Waals surface area contributed by atoms with Crippen molar-refractivity contribution >= 4 is 5.69 Å². The van der Waals surface area contributed by atoms with Crippen LogP contribution >= 0.6 is 0 Å². The van der Waals surface area contributed by atoms with Crippen LogP contribution in [0.3, 0.4) is 0 Å². The predicted octanol–water partition coefficient (Wildman–Crippen LogP) is 2.96. The molecule has 0 aliphatic rings. The number of aliphatic hydroxyl groups is 1. The third kappa shape index (κ3) is 2.96. The average Bonchev–Trinajstić information content (AvgIpc) is 2.26. The first-order valence-electron chi connectivity index (χ1n) is 5.61. The highest BCUT2D eigenvalue weighted by Crippen LogP contribution is 2.22. The van der Waals surface area contributed by atoms with Crippen LogP contribution in [0.15, 0.2) is 24.3 Å². The van der Waals surface area contributed by atoms with Crippen molar-refractivity contribution in [2.24, 2.45) is 0 Å². The molecule has 0 amide bonds. The lowest BCUT2D eigenvalue weighted by Gasteiger charge is -2.32. The molecule has 2 heteroatoms. The summed E-state index contributed by atoms with van der Waals surface area (Å²) < 4.78 is 0. The minimum absolute atomic E-state index is 0.173. The van der Waals surface area contributed by atoms with Crippen LogP contribution in [0.1, 0.15) is 32.3 Å². The second-order valence-corrected chi connectivity index (χ2v) is 4.14. The Hall–Kier alpha value is -1.02. The van der Waals surface area contributed by atoms with E-state index in [1.54, 1.807) is 0 Å². The van der Waals surface area contributed by atoms with Crippen molar-refractivity contribution in [3.63, 3.8) is 0 Å². The van der Waals surface area contributed by atoms with E-state index in [-0.39, 0.29) is 12.1 Å². The van der Waals surface area contributed by atoms with Crippen LogP contribution in [-0.2, 0) is 0 Å². The fourth-order valence-corrected chi connectivity index (χ4v) is 1.72. The molecule has 15 heavy (non-hydrogen) atoms. The van der Waals surface area contributed by atoms with Crippen molar-refractivity contribution in [2.75, 3.05) is 11.9 Å². The molecule has 0 spiro atoms. The Bertz CT molecular complexity index is 297. The Balaban J connectivity index is 2.82. The van der Waals surface area contributed by atoms with Gasteiger partial charge >= 0.3 is 0 Å². The summed E-state index contributed by atoms with van der Waals surface area (Å²) in [5, 5.41) is 12.9. The Morgan fingerprint density at radius 2 is 1.93 bits per heavy atom. The monoisotopic (exact) mass is 207 g/mol. The van der Waals surface area contributed by atoms with E-state index in [9.17, 15) is 5.11 Å². The van der Waals surface area contributed by atoms with Crippen molar-refractivity contribution < 1.29 is 5.11 Å². The normalized spacial score (nSPS) is 11.5. The third-order valence-corrected chi connectivity index (χ3v) is 3.08. The molecule has 84 valence electrons. The molecule has 0 atom stereocenters. The fraction of sp³-hybridized carbons (Fsp3) is 0.538. The summed E-state index contributed by atoms with van der Waals surface area (Å²) >= 11 is 0. The van der Waals surface area contributed by atoms with Gasteiger partial charge in [0, 0.05) is 5.69 Å². The largest absolute Gasteiger partial charge is 0.394 e. The van der Waals surface area contributed by atoms with Crippen LogP contribution in [0.5, 0.6) is 0 Å². The number of nitrogens with one attached hydrogen (secondary N) is 1. The summed E-state index contributed by atoms with van der Waals surface area (Å²) in [5.74, 6) is 0. The van der Waals surface area contributed by atoms with Crippen molar-refractivity contribution in [1.82, 2.24) is 0 Å². The van der Waals surface area contributed by atoms with Crippen molar-refractivity contribution in [1.29, 1.82) is 0 Å². The zero-order chi connectivity index (χ0) is 11.3. The van der Waals surface area contributed by atoms with Gasteiger partial charge in [0.15, 0.2) is 0 Å². The summed E-state index contributed by atoms with van der Waals surface area (Å²) in [5.41, 5.74) is 2.15. The lowest BCUT2D eigenvalue weighted by molar-refractivity contribution is 0.202. The van der Waals surface area contributed by atoms with Crippen molar-refractivity contribution in [3.05, 3.63) is 29.8 Å². The van der Waals surface area contributed by atoms with Crippen molar-refractivity contribution in [2.45, 2.75) is 39.2 Å². The van der Waals surface area contributed by atoms with Gasteiger partial charge in [-0.1, -0.05) is 26.0 Å². The second kappa shape index (κ2) is 5.17. The van der Waals surface area contributed by atoms with Crippen molar-refractivity contribution in [3.8, 4) is 0 Å². The number of aryl methyl sites for hydroxylation is 1. The lowest BCUT2D eigenvalue weighted by atomic mass is 9.93. The van der Waals surface area contributed by atoms with Gasteiger partial charge in [0.05, 0.1) is 12.1 Å². The van der Waals surface area contributed by atoms with Gasteiger partial charge in [0.25, 0.3) is 0 Å². The van der Waals surface area contributed by atoms with Gasteiger partial charge < -0.3 is 10.4 Å². The van der Waals surface area contributed by atoms with E-state index in [0.29, 0.717) is 0 Å². The molecule has 0 aliphatic heterocycles. The molecule has 2 nitrogen and oxygen atoms in total. The molecule has 1 aromatic rings. The SMILES string of the molecule is CCC(CC)(CO)Nc1cccc(C)c1. The molecule has 1 rings (SSSR count). The van der Waals surface area contributed by atoms with Gasteiger partial charge in [0.1, 0.15) is 0 Å². The van der Waals surface area contributed by atoms with Gasteiger partial charge in [-0.25, -0.2) is 0 Å². The number of rotatable bonds is 5. The maximum Gasteiger partial charge on any atom is 0.0661 e. The van der Waals surface area contributed by atoms with E-state index in [2.05, 4.69) is 38.2 Å². The zero-order valence-corrected chi connectivity index (χ0v) is 9.88. The van der Waals surface area contributed by atoms with Gasteiger partial charge in [-0.15, -0.1) is 0 Å². The topological polar surface area (TPSA) is 32.3 Å². The molecule has 0 saturated heterocycles. The fourth-order valence-electron chi connectivity index (χ4n) is 1.72. The molecule has 0 unspecified atom stereocenters. The molecule has 2 N–H and O–H groups in total. The summed E-state index contributed by atoms with van der Waals surface area (Å²) in [6.07, 6.45) is 1.85. The lowest BCUT2D eigenvalue weighted by Crippen LogP contribution is -2.40. The predicted molar refractivity (Wildman–Crippen MR) is 65.2 cm³/mol. The molecule has 0 bridgehead atoms. The standard InChI is InChI=1S/C13H21NO/c1-4-13(5-2,10-15)14-12-8-6-7-11(3)9-12/h6-9,14-15H,4-5,10H2,1-3H3. The number of aliphatic hydroxyl groups excluding tert-OH is 1. The van der Waals surface area contributed by atoms with Gasteiger partial charge in [-0.2, -0.15) is 0 Å². The Morgan fingerprint density at radius 3 is 2.40 bits per heavy atom. The summed E-state index contributed by atoms with van der Waals surface area (Å²) in [6, 6.07) is 8.26. The minimum Gasteiger partial charge on any atom is -0.394 e. The molecule has 0 aromatic heterocycles. The first kappa shape index (κ1) is 12.1. The second-order valence-electron chi connectivity index (χ2n) is 4.14. The highest BCUT2D eigenvalue weighted by Gasteiger charge is 2.24. The van der Waals surface area contributed by atoms with Gasteiger partial charge in [-0.05, 0) is 37.5 Å². The van der Waals surface area contributed by atoms with E-state index in [0.717, 1.165) is 18.5 Å². The Morgan fingerprint density at radius 1 is 1.27 bits per heavy atom. The van der Waals surface area contributed by atoms with E-state index < -0.39 is 0 Å². The van der Waals surface area contributed by atoms with Crippen LogP contribution in [-0.4, -0.2) is 17.3 Å². The quantitative estimate of drug-likeness (QED) is 0.778. The maximum absolute atomic E-state index is 9.44. The average molecular weight is 207 g/mol. The van der Waals surface area contributed by atoms with E-state index in [1.165, 1.54) is 5.56 Å². The molecule has 0 saturated carbocycles. The highest BCUT2D eigenvalue weighted by atomic mass is 16.3. The van der Waals surface area contributed by atoms with E-state index >= 15 is 0 Å². The van der Waals surface area contributed by atoms with Crippen LogP contribution in [0.2, 0.25) is 0 Å². The first-order valence-corrected chi connectivity index (χ1v) is 5.61. The van der Waals surface area contributed by atoms with Crippen LogP contribution in [0.4, 0.5) is 5.69 Å².